The molecule has 3 rings (SSSR count). The summed E-state index contributed by atoms with van der Waals surface area (Å²) in [5.41, 5.74) is 1.00. The van der Waals surface area contributed by atoms with Gasteiger partial charge in [0, 0.05) is 16.5 Å². The average molecular weight is 411 g/mol. The second kappa shape index (κ2) is 7.74. The van der Waals surface area contributed by atoms with Crippen molar-refractivity contribution in [3.63, 3.8) is 0 Å². The lowest BCUT2D eigenvalue weighted by Gasteiger charge is -2.31. The Morgan fingerprint density at radius 1 is 1.20 bits per heavy atom. The highest BCUT2D eigenvalue weighted by Crippen LogP contribution is 2.37. The van der Waals surface area contributed by atoms with Crippen LogP contribution in [0, 0.1) is 5.92 Å². The summed E-state index contributed by atoms with van der Waals surface area (Å²) in [5, 5.41) is 0. The third-order valence-electron chi connectivity index (χ3n) is 4.38. The van der Waals surface area contributed by atoms with E-state index in [2.05, 4.69) is 29.8 Å². The molecule has 0 aromatic heterocycles. The van der Waals surface area contributed by atoms with Crippen LogP contribution in [-0.2, 0) is 14.2 Å². The Labute approximate surface area is 156 Å². The van der Waals surface area contributed by atoms with Crippen LogP contribution in [0.3, 0.4) is 0 Å². The Morgan fingerprint density at radius 3 is 2.64 bits per heavy atom. The Kier molecular flexibility index (Phi) is 5.64. The molecule has 2 aliphatic rings. The number of nitrogens with zero attached hydrogens (tertiary/aromatic N) is 2. The predicted molar refractivity (Wildman–Crippen MR) is 99.4 cm³/mol. The summed E-state index contributed by atoms with van der Waals surface area (Å²) in [7, 11) is 3.27. The van der Waals surface area contributed by atoms with Crippen LogP contribution in [0.1, 0.15) is 31.9 Å². The van der Waals surface area contributed by atoms with E-state index in [1.807, 2.05) is 18.2 Å². The van der Waals surface area contributed by atoms with Crippen molar-refractivity contribution in [3.05, 3.63) is 28.2 Å². The molecule has 0 aliphatic carbocycles. The molecule has 1 aromatic rings. The number of aliphatic imine (C=N–C) groups is 2. The lowest BCUT2D eigenvalue weighted by atomic mass is 9.98. The van der Waals surface area contributed by atoms with Crippen molar-refractivity contribution in [2.45, 2.75) is 38.5 Å². The van der Waals surface area contributed by atoms with Crippen LogP contribution in [0.15, 0.2) is 32.7 Å². The highest BCUT2D eigenvalue weighted by molar-refractivity contribution is 9.10. The van der Waals surface area contributed by atoms with Gasteiger partial charge < -0.3 is 18.9 Å². The zero-order valence-electron chi connectivity index (χ0n) is 14.9. The molecule has 7 heteroatoms. The summed E-state index contributed by atoms with van der Waals surface area (Å²) in [6, 6.07) is 5.59. The maximum Gasteiger partial charge on any atom is 0.209 e. The first-order valence-electron chi connectivity index (χ1n) is 8.30. The van der Waals surface area contributed by atoms with Crippen LogP contribution in [0.5, 0.6) is 5.75 Å². The molecule has 0 saturated heterocycles. The number of hydrogen-bond donors (Lipinski definition) is 0. The molecule has 136 valence electrons. The van der Waals surface area contributed by atoms with Gasteiger partial charge in [0.25, 0.3) is 0 Å². The maximum atomic E-state index is 5.82. The molecule has 0 radical (unpaired) electrons. The number of halogens is 1. The lowest BCUT2D eigenvalue weighted by Crippen LogP contribution is -2.38. The molecule has 1 aromatic carbocycles. The molecule has 3 unspecified atom stereocenters. The first kappa shape index (κ1) is 18.2. The number of benzene rings is 1. The normalized spacial score (nSPS) is 25.6. The van der Waals surface area contributed by atoms with Crippen molar-refractivity contribution < 1.29 is 18.9 Å². The molecule has 3 atom stereocenters. The molecule has 0 saturated carbocycles. The van der Waals surface area contributed by atoms with Crippen molar-refractivity contribution in [2.75, 3.05) is 21.0 Å². The van der Waals surface area contributed by atoms with Crippen LogP contribution in [0.4, 0.5) is 0 Å². The van der Waals surface area contributed by atoms with E-state index in [0.29, 0.717) is 18.2 Å². The minimum absolute atomic E-state index is 0.116. The van der Waals surface area contributed by atoms with Crippen molar-refractivity contribution in [2.24, 2.45) is 15.9 Å². The summed E-state index contributed by atoms with van der Waals surface area (Å²) < 4.78 is 23.4. The van der Waals surface area contributed by atoms with Crippen LogP contribution >= 0.6 is 15.9 Å². The van der Waals surface area contributed by atoms with Crippen LogP contribution in [-0.4, -0.2) is 44.9 Å². The second-order valence-electron chi connectivity index (χ2n) is 6.38. The lowest BCUT2D eigenvalue weighted by molar-refractivity contribution is -0.0635. The van der Waals surface area contributed by atoms with Gasteiger partial charge in [0.15, 0.2) is 6.79 Å². The predicted octanol–water partition coefficient (Wildman–Crippen LogP) is 3.74. The van der Waals surface area contributed by atoms with Gasteiger partial charge in [-0.25, -0.2) is 9.98 Å². The maximum absolute atomic E-state index is 5.82. The molecular weight excluding hydrogens is 388 g/mol. The fraction of sp³-hybridized carbons (Fsp3) is 0.556. The monoisotopic (exact) mass is 410 g/mol. The van der Waals surface area contributed by atoms with E-state index in [9.17, 15) is 0 Å². The summed E-state index contributed by atoms with van der Waals surface area (Å²) in [6.45, 7) is 4.40. The molecular formula is C18H23BrN2O4. The molecule has 25 heavy (non-hydrogen) atoms. The zero-order valence-corrected chi connectivity index (χ0v) is 16.4. The van der Waals surface area contributed by atoms with Crippen molar-refractivity contribution >= 4 is 27.7 Å². The SMILES string of the molecule is COC1=NC(C(C)C)C(OC)=NC1CC1OCOc2cc(Br)ccc21. The van der Waals surface area contributed by atoms with Gasteiger partial charge in [-0.15, -0.1) is 0 Å². The Bertz CT molecular complexity index is 690. The van der Waals surface area contributed by atoms with Gasteiger partial charge in [0.05, 0.1) is 20.3 Å². The minimum Gasteiger partial charge on any atom is -0.483 e. The van der Waals surface area contributed by atoms with Crippen LogP contribution in [0.2, 0.25) is 0 Å². The number of hydrogen-bond acceptors (Lipinski definition) is 6. The molecule has 0 amide bonds. The van der Waals surface area contributed by atoms with Gasteiger partial charge in [-0.05, 0) is 18.1 Å². The molecule has 6 nitrogen and oxygen atoms in total. The summed E-state index contributed by atoms with van der Waals surface area (Å²) in [4.78, 5) is 9.46. The van der Waals surface area contributed by atoms with E-state index in [1.165, 1.54) is 0 Å². The smallest absolute Gasteiger partial charge is 0.209 e. The van der Waals surface area contributed by atoms with Gasteiger partial charge in [-0.3, -0.25) is 0 Å². The Morgan fingerprint density at radius 2 is 1.96 bits per heavy atom. The average Bonchev–Trinajstić information content (AvgIpc) is 2.61. The first-order chi connectivity index (χ1) is 12.0. The highest BCUT2D eigenvalue weighted by Gasteiger charge is 2.34. The van der Waals surface area contributed by atoms with Gasteiger partial charge in [0.1, 0.15) is 17.8 Å². The third kappa shape index (κ3) is 3.82. The summed E-state index contributed by atoms with van der Waals surface area (Å²) in [5.74, 6) is 2.37. The first-order valence-corrected chi connectivity index (χ1v) is 9.10. The summed E-state index contributed by atoms with van der Waals surface area (Å²) >= 11 is 3.47. The molecule has 0 bridgehead atoms. The van der Waals surface area contributed by atoms with Crippen molar-refractivity contribution in [1.29, 1.82) is 0 Å². The van der Waals surface area contributed by atoms with E-state index < -0.39 is 0 Å². The van der Waals surface area contributed by atoms with E-state index in [4.69, 9.17) is 28.9 Å². The molecule has 0 N–H and O–H groups in total. The standard InChI is InChI=1S/C18H23BrN2O4/c1-10(2)16-18(23-4)20-13(17(21-16)22-3)8-15-12-6-5-11(19)7-14(12)24-9-25-15/h5-7,10,13,15-16H,8-9H2,1-4H3. The molecule has 2 heterocycles. The van der Waals surface area contributed by atoms with E-state index in [-0.39, 0.29) is 30.9 Å². The number of fused-ring (bicyclic) bond motifs is 1. The van der Waals surface area contributed by atoms with E-state index in [0.717, 1.165) is 15.8 Å². The largest absolute Gasteiger partial charge is 0.483 e. The fourth-order valence-electron chi connectivity index (χ4n) is 3.08. The van der Waals surface area contributed by atoms with Crippen LogP contribution in [0.25, 0.3) is 0 Å². The minimum atomic E-state index is -0.241. The second-order valence-corrected chi connectivity index (χ2v) is 7.30. The summed E-state index contributed by atoms with van der Waals surface area (Å²) in [6.07, 6.45) is 0.474. The third-order valence-corrected chi connectivity index (χ3v) is 4.87. The van der Waals surface area contributed by atoms with Gasteiger partial charge >= 0.3 is 0 Å². The molecule has 0 spiro atoms. The molecule has 2 aliphatic heterocycles. The van der Waals surface area contributed by atoms with Crippen LogP contribution < -0.4 is 4.74 Å². The van der Waals surface area contributed by atoms with Gasteiger partial charge in [-0.1, -0.05) is 35.8 Å². The van der Waals surface area contributed by atoms with E-state index in [1.54, 1.807) is 14.2 Å². The fourth-order valence-corrected chi connectivity index (χ4v) is 3.42. The highest BCUT2D eigenvalue weighted by atomic mass is 79.9. The zero-order chi connectivity index (χ0) is 18.0. The Hall–Kier alpha value is -1.60. The number of rotatable bonds is 3. The topological polar surface area (TPSA) is 61.6 Å². The Balaban J connectivity index is 1.85. The van der Waals surface area contributed by atoms with E-state index >= 15 is 0 Å². The quantitative estimate of drug-likeness (QED) is 0.760. The molecule has 0 fully saturated rings. The van der Waals surface area contributed by atoms with Crippen molar-refractivity contribution in [1.82, 2.24) is 0 Å². The van der Waals surface area contributed by atoms with Gasteiger partial charge in [0.2, 0.25) is 11.8 Å². The number of methoxy groups -OCH3 is 2. The van der Waals surface area contributed by atoms with Gasteiger partial charge in [-0.2, -0.15) is 0 Å². The van der Waals surface area contributed by atoms with Crippen molar-refractivity contribution in [3.8, 4) is 5.75 Å². The number of ether oxygens (including phenoxy) is 4.